The molecule has 1 aliphatic rings. The fraction of sp³-hybridized carbons (Fsp3) is 0.812. The molecule has 5 nitrogen and oxygen atoms in total. The van der Waals surface area contributed by atoms with Crippen LogP contribution in [0, 0.1) is 5.92 Å². The molecule has 0 saturated heterocycles. The van der Waals surface area contributed by atoms with Crippen LogP contribution in [0.15, 0.2) is 11.1 Å². The highest BCUT2D eigenvalue weighted by Crippen LogP contribution is 2.67. The average molecular weight is 332 g/mol. The first-order valence-corrected chi connectivity index (χ1v) is 9.54. The van der Waals surface area contributed by atoms with Crippen molar-refractivity contribution in [3.8, 4) is 0 Å². The third-order valence-electron chi connectivity index (χ3n) is 4.41. The molecule has 0 aromatic rings. The maximum Gasteiger partial charge on any atom is 0.348 e. The van der Waals surface area contributed by atoms with Gasteiger partial charge in [0, 0.05) is 0 Å². The molecule has 0 aromatic carbocycles. The molecule has 1 aliphatic carbocycles. The number of allylic oxidation sites excluding steroid dienone is 2. The molecule has 0 amide bonds. The van der Waals surface area contributed by atoms with Gasteiger partial charge in [0.05, 0.1) is 19.8 Å². The Balaban J connectivity index is 3.46. The van der Waals surface area contributed by atoms with Crippen LogP contribution in [0.1, 0.15) is 54.4 Å². The number of esters is 1. The Morgan fingerprint density at radius 1 is 1.14 bits per heavy atom. The molecule has 0 heterocycles. The topological polar surface area (TPSA) is 61.8 Å². The summed E-state index contributed by atoms with van der Waals surface area (Å²) in [5, 5.41) is -1.25. The molecule has 0 spiro atoms. The minimum Gasteiger partial charge on any atom is -0.465 e. The highest BCUT2D eigenvalue weighted by atomic mass is 31.2. The van der Waals surface area contributed by atoms with Gasteiger partial charge in [0.1, 0.15) is 0 Å². The number of ether oxygens (including phenoxy) is 1. The number of carbonyl (C=O) groups excluding carboxylic acids is 1. The fourth-order valence-corrected chi connectivity index (χ4v) is 5.71. The third-order valence-corrected chi connectivity index (χ3v) is 7.36. The maximum absolute atomic E-state index is 13.5. The first kappa shape index (κ1) is 19.4. The van der Waals surface area contributed by atoms with Crippen LogP contribution in [0.2, 0.25) is 0 Å². The molecule has 1 rings (SSSR count). The summed E-state index contributed by atoms with van der Waals surface area (Å²) in [5.41, 5.74) is 2.29. The molecule has 0 aromatic heterocycles. The molecular formula is C16H29O5P. The van der Waals surface area contributed by atoms with Gasteiger partial charge in [0.15, 0.2) is 5.16 Å². The van der Waals surface area contributed by atoms with E-state index in [4.69, 9.17) is 13.8 Å². The van der Waals surface area contributed by atoms with E-state index in [1.54, 1.807) is 20.8 Å². The van der Waals surface area contributed by atoms with E-state index in [1.165, 1.54) is 5.57 Å². The molecule has 0 bridgehead atoms. The van der Waals surface area contributed by atoms with E-state index in [-0.39, 0.29) is 25.7 Å². The van der Waals surface area contributed by atoms with Gasteiger partial charge in [-0.05, 0) is 53.4 Å². The lowest BCUT2D eigenvalue weighted by Crippen LogP contribution is -2.49. The van der Waals surface area contributed by atoms with E-state index in [1.807, 2.05) is 20.8 Å². The van der Waals surface area contributed by atoms with Crippen molar-refractivity contribution >= 4 is 13.6 Å². The van der Waals surface area contributed by atoms with Crippen molar-refractivity contribution in [1.82, 2.24) is 0 Å². The van der Waals surface area contributed by atoms with Gasteiger partial charge < -0.3 is 13.8 Å². The Labute approximate surface area is 133 Å². The van der Waals surface area contributed by atoms with Gasteiger partial charge >= 0.3 is 13.6 Å². The van der Waals surface area contributed by atoms with Crippen molar-refractivity contribution in [3.05, 3.63) is 11.1 Å². The number of hydrogen-bond acceptors (Lipinski definition) is 5. The summed E-state index contributed by atoms with van der Waals surface area (Å²) in [7, 11) is -3.64. The zero-order chi connectivity index (χ0) is 17.0. The lowest BCUT2D eigenvalue weighted by molar-refractivity contribution is -0.149. The van der Waals surface area contributed by atoms with E-state index in [9.17, 15) is 9.36 Å². The standard InChI is InChI=1S/C16H29O5P/c1-7-19-15(17)16(22(18,20-8-2)21-9-3)11-13(5)12(4)10-14(16)6/h14H,7-11H2,1-6H3/t14-,16+/m0/s1. The first-order valence-electron chi connectivity index (χ1n) is 8.00. The SMILES string of the molecule is CCOC(=O)[C@@]1(P(=O)(OCC)OCC)CC(C)=C(C)C[C@@H]1C. The Morgan fingerprint density at radius 3 is 2.14 bits per heavy atom. The summed E-state index contributed by atoms with van der Waals surface area (Å²) >= 11 is 0. The Bertz CT molecular complexity index is 475. The highest BCUT2D eigenvalue weighted by Gasteiger charge is 2.62. The summed E-state index contributed by atoms with van der Waals surface area (Å²) < 4.78 is 29.9. The summed E-state index contributed by atoms with van der Waals surface area (Å²) in [6.07, 6.45) is 1.05. The maximum atomic E-state index is 13.5. The largest absolute Gasteiger partial charge is 0.465 e. The molecule has 0 unspecified atom stereocenters. The van der Waals surface area contributed by atoms with Crippen molar-refractivity contribution < 1.29 is 23.1 Å². The lowest BCUT2D eigenvalue weighted by atomic mass is 9.76. The van der Waals surface area contributed by atoms with Gasteiger partial charge in [0.25, 0.3) is 0 Å². The molecule has 0 fully saturated rings. The fourth-order valence-electron chi connectivity index (χ4n) is 3.15. The predicted octanol–water partition coefficient (Wildman–Crippen LogP) is 4.32. The summed E-state index contributed by atoms with van der Waals surface area (Å²) in [6.45, 7) is 11.9. The molecule has 0 saturated carbocycles. The zero-order valence-corrected chi connectivity index (χ0v) is 15.5. The first-order chi connectivity index (χ1) is 10.3. The van der Waals surface area contributed by atoms with Gasteiger partial charge in [-0.1, -0.05) is 18.1 Å². The molecule has 6 heteroatoms. The molecule has 0 aliphatic heterocycles. The van der Waals surface area contributed by atoms with Crippen molar-refractivity contribution in [2.45, 2.75) is 59.5 Å². The van der Waals surface area contributed by atoms with Crippen LogP contribution in [-0.2, 0) is 23.1 Å². The number of hydrogen-bond donors (Lipinski definition) is 0. The Kier molecular flexibility index (Phi) is 6.84. The second-order valence-electron chi connectivity index (χ2n) is 5.82. The van der Waals surface area contributed by atoms with Crippen LogP contribution in [0.3, 0.4) is 0 Å². The molecule has 0 radical (unpaired) electrons. The predicted molar refractivity (Wildman–Crippen MR) is 87.0 cm³/mol. The Morgan fingerprint density at radius 2 is 1.68 bits per heavy atom. The quantitative estimate of drug-likeness (QED) is 0.395. The minimum absolute atomic E-state index is 0.167. The van der Waals surface area contributed by atoms with Gasteiger partial charge in [-0.3, -0.25) is 9.36 Å². The van der Waals surface area contributed by atoms with Crippen molar-refractivity contribution in [3.63, 3.8) is 0 Å². The van der Waals surface area contributed by atoms with E-state index < -0.39 is 18.7 Å². The monoisotopic (exact) mass is 332 g/mol. The highest BCUT2D eigenvalue weighted by molar-refractivity contribution is 7.56. The molecule has 128 valence electrons. The van der Waals surface area contributed by atoms with E-state index >= 15 is 0 Å². The molecule has 0 N–H and O–H groups in total. The van der Waals surface area contributed by atoms with E-state index in [0.29, 0.717) is 12.8 Å². The Hall–Kier alpha value is -0.640. The lowest BCUT2D eigenvalue weighted by Gasteiger charge is -2.44. The van der Waals surface area contributed by atoms with Gasteiger partial charge in [-0.15, -0.1) is 0 Å². The van der Waals surface area contributed by atoms with Crippen LogP contribution in [0.25, 0.3) is 0 Å². The molecular weight excluding hydrogens is 303 g/mol. The van der Waals surface area contributed by atoms with Crippen LogP contribution < -0.4 is 0 Å². The second kappa shape index (κ2) is 7.76. The molecule has 22 heavy (non-hydrogen) atoms. The normalized spacial score (nSPS) is 26.2. The van der Waals surface area contributed by atoms with Crippen molar-refractivity contribution in [2.24, 2.45) is 5.92 Å². The number of carbonyl (C=O) groups is 1. The number of rotatable bonds is 7. The van der Waals surface area contributed by atoms with Crippen LogP contribution >= 0.6 is 7.60 Å². The van der Waals surface area contributed by atoms with Crippen molar-refractivity contribution in [1.29, 1.82) is 0 Å². The smallest absolute Gasteiger partial charge is 0.348 e. The van der Waals surface area contributed by atoms with Gasteiger partial charge in [-0.25, -0.2) is 0 Å². The minimum atomic E-state index is -3.64. The van der Waals surface area contributed by atoms with Crippen LogP contribution in [-0.4, -0.2) is 30.9 Å². The summed E-state index contributed by atoms with van der Waals surface area (Å²) in [6, 6.07) is 0. The van der Waals surface area contributed by atoms with Crippen LogP contribution in [0.4, 0.5) is 0 Å². The van der Waals surface area contributed by atoms with E-state index in [0.717, 1.165) is 5.57 Å². The van der Waals surface area contributed by atoms with Crippen LogP contribution in [0.5, 0.6) is 0 Å². The third kappa shape index (κ3) is 3.32. The average Bonchev–Trinajstić information content (AvgIpc) is 2.43. The molecule has 2 atom stereocenters. The van der Waals surface area contributed by atoms with Gasteiger partial charge in [-0.2, -0.15) is 0 Å². The van der Waals surface area contributed by atoms with Crippen molar-refractivity contribution in [2.75, 3.05) is 19.8 Å². The zero-order valence-electron chi connectivity index (χ0n) is 14.6. The second-order valence-corrected chi connectivity index (χ2v) is 8.13. The van der Waals surface area contributed by atoms with E-state index in [2.05, 4.69) is 0 Å². The summed E-state index contributed by atoms with van der Waals surface area (Å²) in [4.78, 5) is 12.8. The van der Waals surface area contributed by atoms with Gasteiger partial charge in [0.2, 0.25) is 0 Å². The summed E-state index contributed by atoms with van der Waals surface area (Å²) in [5.74, 6) is -0.640.